The maximum atomic E-state index is 6.34. The van der Waals surface area contributed by atoms with E-state index in [9.17, 15) is 0 Å². The van der Waals surface area contributed by atoms with E-state index in [1.807, 2.05) is 0 Å². The molecule has 2 nitrogen and oxygen atoms in total. The Kier molecular flexibility index (Phi) is 3.76. The third-order valence-electron chi connectivity index (χ3n) is 3.71. The monoisotopic (exact) mass is 262 g/mol. The maximum absolute atomic E-state index is 6.34. The van der Waals surface area contributed by atoms with Gasteiger partial charge in [-0.25, -0.2) is 0 Å². The molecule has 1 heterocycles. The van der Waals surface area contributed by atoms with E-state index in [1.165, 1.54) is 36.1 Å². The minimum absolute atomic E-state index is 0. The summed E-state index contributed by atoms with van der Waals surface area (Å²) in [6.07, 6.45) is 5.97. The number of aryl methyl sites for hydroxylation is 2. The molecular weight excluding hydrogens is 244 g/mol. The predicted molar refractivity (Wildman–Crippen MR) is 79.4 cm³/mol. The largest absolute Gasteiger partial charge is 0.398 e. The van der Waals surface area contributed by atoms with E-state index in [0.717, 1.165) is 29.4 Å². The van der Waals surface area contributed by atoms with Crippen molar-refractivity contribution < 1.29 is 0 Å². The Morgan fingerprint density at radius 1 is 1.11 bits per heavy atom. The van der Waals surface area contributed by atoms with Crippen molar-refractivity contribution in [3.63, 3.8) is 0 Å². The van der Waals surface area contributed by atoms with Crippen LogP contribution in [0.25, 0.3) is 10.9 Å². The first-order valence-corrected chi connectivity index (χ1v) is 6.43. The van der Waals surface area contributed by atoms with Gasteiger partial charge in [0.25, 0.3) is 0 Å². The predicted octanol–water partition coefficient (Wildman–Crippen LogP) is 3.82. The highest BCUT2D eigenvalue weighted by atomic mass is 35.5. The normalized spacial score (nSPS) is 14.7. The molecule has 0 atom stereocenters. The standard InChI is InChI=1S/C15H18N2.ClH/c1-10-7-8-14-12(9-10)15(16)11-5-3-2-4-6-13(11)17-14;/h7-9H,2-6H2,1H3,(H2,16,17);1H. The molecule has 0 bridgehead atoms. The first-order valence-electron chi connectivity index (χ1n) is 6.43. The van der Waals surface area contributed by atoms with Crippen LogP contribution in [0.3, 0.4) is 0 Å². The van der Waals surface area contributed by atoms with Gasteiger partial charge in [-0.3, -0.25) is 4.98 Å². The van der Waals surface area contributed by atoms with Gasteiger partial charge < -0.3 is 5.73 Å². The van der Waals surface area contributed by atoms with Crippen molar-refractivity contribution >= 4 is 29.0 Å². The van der Waals surface area contributed by atoms with Crippen molar-refractivity contribution in [1.82, 2.24) is 4.98 Å². The van der Waals surface area contributed by atoms with E-state index in [0.29, 0.717) is 0 Å². The fourth-order valence-corrected chi connectivity index (χ4v) is 2.75. The highest BCUT2D eigenvalue weighted by Crippen LogP contribution is 2.30. The van der Waals surface area contributed by atoms with Crippen LogP contribution in [0.1, 0.15) is 36.1 Å². The summed E-state index contributed by atoms with van der Waals surface area (Å²) < 4.78 is 0. The van der Waals surface area contributed by atoms with Crippen molar-refractivity contribution in [1.29, 1.82) is 0 Å². The van der Waals surface area contributed by atoms with Crippen LogP contribution in [-0.2, 0) is 12.8 Å². The molecule has 3 heteroatoms. The summed E-state index contributed by atoms with van der Waals surface area (Å²) in [5.41, 5.74) is 12.1. The summed E-state index contributed by atoms with van der Waals surface area (Å²) in [7, 11) is 0. The molecule has 3 rings (SSSR count). The number of rotatable bonds is 0. The Bertz CT molecular complexity index is 578. The van der Waals surface area contributed by atoms with Crippen molar-refractivity contribution in [2.75, 3.05) is 5.73 Å². The molecule has 1 aromatic carbocycles. The van der Waals surface area contributed by atoms with Crippen LogP contribution in [-0.4, -0.2) is 4.98 Å². The summed E-state index contributed by atoms with van der Waals surface area (Å²) in [6, 6.07) is 6.35. The summed E-state index contributed by atoms with van der Waals surface area (Å²) >= 11 is 0. The second kappa shape index (κ2) is 5.15. The number of nitrogen functional groups attached to an aromatic ring is 1. The second-order valence-corrected chi connectivity index (χ2v) is 5.03. The fourth-order valence-electron chi connectivity index (χ4n) is 2.75. The second-order valence-electron chi connectivity index (χ2n) is 5.03. The van der Waals surface area contributed by atoms with Crippen molar-refractivity contribution in [3.05, 3.63) is 35.0 Å². The minimum atomic E-state index is 0. The number of fused-ring (bicyclic) bond motifs is 2. The molecule has 0 amide bonds. The Balaban J connectivity index is 0.00000120. The molecule has 0 saturated heterocycles. The maximum Gasteiger partial charge on any atom is 0.0726 e. The molecule has 1 aromatic heterocycles. The van der Waals surface area contributed by atoms with Crippen LogP contribution in [0.4, 0.5) is 5.69 Å². The fraction of sp³-hybridized carbons (Fsp3) is 0.400. The van der Waals surface area contributed by atoms with Crippen LogP contribution in [0, 0.1) is 6.92 Å². The Labute approximate surface area is 114 Å². The molecule has 0 saturated carbocycles. The van der Waals surface area contributed by atoms with Gasteiger partial charge in [0.2, 0.25) is 0 Å². The number of hydrogen-bond donors (Lipinski definition) is 1. The topological polar surface area (TPSA) is 38.9 Å². The van der Waals surface area contributed by atoms with E-state index >= 15 is 0 Å². The summed E-state index contributed by atoms with van der Waals surface area (Å²) in [6.45, 7) is 2.10. The number of anilines is 1. The Hall–Kier alpha value is -1.28. The highest BCUT2D eigenvalue weighted by Gasteiger charge is 2.15. The van der Waals surface area contributed by atoms with Crippen LogP contribution < -0.4 is 5.73 Å². The molecular formula is C15H19ClN2. The molecule has 0 radical (unpaired) electrons. The van der Waals surface area contributed by atoms with Crippen molar-refractivity contribution in [2.45, 2.75) is 39.0 Å². The lowest BCUT2D eigenvalue weighted by Gasteiger charge is -2.12. The zero-order valence-electron chi connectivity index (χ0n) is 10.7. The molecule has 0 spiro atoms. The number of pyridine rings is 1. The molecule has 0 fully saturated rings. The SMILES string of the molecule is Cc1ccc2nc3c(c(N)c2c1)CCCCC3.Cl. The number of benzene rings is 1. The first kappa shape index (κ1) is 13.2. The smallest absolute Gasteiger partial charge is 0.0726 e. The van der Waals surface area contributed by atoms with Crippen LogP contribution in [0.5, 0.6) is 0 Å². The van der Waals surface area contributed by atoms with Gasteiger partial charge in [-0.1, -0.05) is 18.1 Å². The van der Waals surface area contributed by atoms with Crippen LogP contribution >= 0.6 is 12.4 Å². The number of nitrogens with zero attached hydrogens (tertiary/aromatic N) is 1. The quantitative estimate of drug-likeness (QED) is 0.733. The molecule has 2 aromatic rings. The van der Waals surface area contributed by atoms with Crippen molar-refractivity contribution in [2.24, 2.45) is 0 Å². The highest BCUT2D eigenvalue weighted by molar-refractivity contribution is 5.92. The number of aromatic nitrogens is 1. The number of hydrogen-bond acceptors (Lipinski definition) is 2. The summed E-state index contributed by atoms with van der Waals surface area (Å²) in [5, 5.41) is 1.13. The average molecular weight is 263 g/mol. The lowest BCUT2D eigenvalue weighted by Crippen LogP contribution is -2.03. The number of halogens is 1. The molecule has 1 aliphatic carbocycles. The van der Waals surface area contributed by atoms with Crippen molar-refractivity contribution in [3.8, 4) is 0 Å². The molecule has 0 unspecified atom stereocenters. The van der Waals surface area contributed by atoms with Gasteiger partial charge in [-0.15, -0.1) is 12.4 Å². The minimum Gasteiger partial charge on any atom is -0.398 e. The van der Waals surface area contributed by atoms with E-state index in [2.05, 4.69) is 25.1 Å². The summed E-state index contributed by atoms with van der Waals surface area (Å²) in [4.78, 5) is 4.80. The lowest BCUT2D eigenvalue weighted by molar-refractivity contribution is 0.709. The van der Waals surface area contributed by atoms with E-state index in [1.54, 1.807) is 0 Å². The molecule has 0 aliphatic heterocycles. The van der Waals surface area contributed by atoms with Gasteiger partial charge in [0.15, 0.2) is 0 Å². The van der Waals surface area contributed by atoms with E-state index < -0.39 is 0 Å². The zero-order chi connectivity index (χ0) is 11.8. The van der Waals surface area contributed by atoms with Gasteiger partial charge in [-0.2, -0.15) is 0 Å². The Morgan fingerprint density at radius 3 is 2.72 bits per heavy atom. The summed E-state index contributed by atoms with van der Waals surface area (Å²) in [5.74, 6) is 0. The Morgan fingerprint density at radius 2 is 1.89 bits per heavy atom. The third kappa shape index (κ3) is 2.17. The molecule has 1 aliphatic rings. The molecule has 18 heavy (non-hydrogen) atoms. The van der Waals surface area contributed by atoms with Gasteiger partial charge >= 0.3 is 0 Å². The lowest BCUT2D eigenvalue weighted by atomic mass is 10.0. The van der Waals surface area contributed by atoms with E-state index in [-0.39, 0.29) is 12.4 Å². The van der Waals surface area contributed by atoms with Crippen LogP contribution in [0.2, 0.25) is 0 Å². The third-order valence-corrected chi connectivity index (χ3v) is 3.71. The average Bonchev–Trinajstić information content (AvgIpc) is 2.56. The van der Waals surface area contributed by atoms with E-state index in [4.69, 9.17) is 10.7 Å². The molecule has 96 valence electrons. The van der Waals surface area contributed by atoms with Gasteiger partial charge in [0.05, 0.1) is 5.52 Å². The van der Waals surface area contributed by atoms with Gasteiger partial charge in [0, 0.05) is 16.8 Å². The number of nitrogens with two attached hydrogens (primary N) is 1. The zero-order valence-corrected chi connectivity index (χ0v) is 11.5. The van der Waals surface area contributed by atoms with Gasteiger partial charge in [-0.05, 0) is 50.3 Å². The molecule has 2 N–H and O–H groups in total. The first-order chi connectivity index (χ1) is 8.25. The van der Waals surface area contributed by atoms with Crippen LogP contribution in [0.15, 0.2) is 18.2 Å². The van der Waals surface area contributed by atoms with Gasteiger partial charge in [0.1, 0.15) is 0 Å².